The van der Waals surface area contributed by atoms with Crippen molar-refractivity contribution in [2.75, 3.05) is 26.2 Å². The van der Waals surface area contributed by atoms with E-state index in [1.807, 2.05) is 13.8 Å². The molecule has 2 aliphatic rings. The molecule has 1 atom stereocenters. The van der Waals surface area contributed by atoms with Crippen LogP contribution in [0, 0.1) is 5.92 Å². The Bertz CT molecular complexity index is 1140. The minimum atomic E-state index is -4.31. The number of nitrogens with zero attached hydrogens (tertiary/aromatic N) is 4. The summed E-state index contributed by atoms with van der Waals surface area (Å²) in [5.41, 5.74) is -0.437. The first-order chi connectivity index (χ1) is 16.4. The lowest BCUT2D eigenvalue weighted by Crippen LogP contribution is -2.59. The van der Waals surface area contributed by atoms with Crippen LogP contribution in [0.5, 0.6) is 0 Å². The van der Waals surface area contributed by atoms with Gasteiger partial charge in [0.15, 0.2) is 0 Å². The molecule has 0 radical (unpaired) electrons. The van der Waals surface area contributed by atoms with E-state index in [1.54, 1.807) is 0 Å². The Balaban J connectivity index is 2.44. The van der Waals surface area contributed by atoms with Gasteiger partial charge in [0.25, 0.3) is 23.6 Å². The van der Waals surface area contributed by atoms with Gasteiger partial charge in [0.1, 0.15) is 11.5 Å². The molecule has 0 spiro atoms. The van der Waals surface area contributed by atoms with Crippen LogP contribution in [0.1, 0.15) is 53.4 Å². The molecule has 0 N–H and O–H groups in total. The predicted molar refractivity (Wildman–Crippen MR) is 127 cm³/mol. The zero-order valence-corrected chi connectivity index (χ0v) is 22.0. The first kappa shape index (κ1) is 28.5. The normalized spacial score (nSPS) is 23.8. The summed E-state index contributed by atoms with van der Waals surface area (Å²) in [6.07, 6.45) is 5.37. The fourth-order valence-corrected chi connectivity index (χ4v) is 6.84. The van der Waals surface area contributed by atoms with Gasteiger partial charge in [0.05, 0.1) is 0 Å². The number of amides is 4. The van der Waals surface area contributed by atoms with Crippen LogP contribution in [-0.4, -0.2) is 83.9 Å². The highest BCUT2D eigenvalue weighted by atomic mass is 32.2. The van der Waals surface area contributed by atoms with Gasteiger partial charge in [-0.25, -0.2) is 17.2 Å². The molecule has 2 fully saturated rings. The van der Waals surface area contributed by atoms with Gasteiger partial charge < -0.3 is 0 Å². The number of hydrogen-bond acceptors (Lipinski definition) is 8. The third-order valence-electron chi connectivity index (χ3n) is 5.62. The van der Waals surface area contributed by atoms with Crippen molar-refractivity contribution in [1.82, 2.24) is 17.2 Å². The summed E-state index contributed by atoms with van der Waals surface area (Å²) >= 11 is 0. The van der Waals surface area contributed by atoms with E-state index in [4.69, 9.17) is 0 Å². The van der Waals surface area contributed by atoms with Crippen molar-refractivity contribution in [3.63, 3.8) is 0 Å². The zero-order chi connectivity index (χ0) is 26.6. The average molecular weight is 533 g/mol. The molecule has 12 nitrogen and oxygen atoms in total. The van der Waals surface area contributed by atoms with Gasteiger partial charge in [-0.1, -0.05) is 38.8 Å². The topological polar surface area (TPSA) is 150 Å². The molecule has 4 amide bonds. The lowest BCUT2D eigenvalue weighted by atomic mass is 10.1. The molecule has 0 saturated carbocycles. The Morgan fingerprint density at radius 3 is 1.66 bits per heavy atom. The van der Waals surface area contributed by atoms with E-state index < -0.39 is 55.5 Å². The van der Waals surface area contributed by atoms with E-state index in [1.165, 1.54) is 13.8 Å². The average Bonchev–Trinajstić information content (AvgIpc) is 2.78. The first-order valence-electron chi connectivity index (χ1n) is 11.6. The van der Waals surface area contributed by atoms with E-state index in [0.29, 0.717) is 42.9 Å². The smallest absolute Gasteiger partial charge is 0.272 e. The van der Waals surface area contributed by atoms with E-state index in [0.717, 1.165) is 18.2 Å². The first-order valence-corrected chi connectivity index (χ1v) is 14.4. The molecule has 2 heterocycles. The highest BCUT2D eigenvalue weighted by Crippen LogP contribution is 2.26. The monoisotopic (exact) mass is 532 g/mol. The highest BCUT2D eigenvalue weighted by Gasteiger charge is 2.48. The van der Waals surface area contributed by atoms with Crippen molar-refractivity contribution >= 4 is 44.0 Å². The van der Waals surface area contributed by atoms with Crippen molar-refractivity contribution in [3.05, 3.63) is 23.8 Å². The third-order valence-corrected chi connectivity index (χ3v) is 9.42. The molecule has 2 saturated heterocycles. The summed E-state index contributed by atoms with van der Waals surface area (Å²) in [5.74, 6) is -5.35. The van der Waals surface area contributed by atoms with Crippen molar-refractivity contribution in [2.45, 2.75) is 53.4 Å². The molecule has 0 bridgehead atoms. The maximum atomic E-state index is 12.9. The Morgan fingerprint density at radius 2 is 1.14 bits per heavy atom. The summed E-state index contributed by atoms with van der Waals surface area (Å²) in [6.45, 7) is 6.04. The second kappa shape index (κ2) is 11.3. The van der Waals surface area contributed by atoms with Gasteiger partial charge in [-0.15, -0.1) is 0 Å². The van der Waals surface area contributed by atoms with E-state index in [-0.39, 0.29) is 26.2 Å². The maximum Gasteiger partial charge on any atom is 0.331 e. The Labute approximate surface area is 206 Å². The summed E-state index contributed by atoms with van der Waals surface area (Å²) in [7, 11) is -8.60. The van der Waals surface area contributed by atoms with Gasteiger partial charge >= 0.3 is 20.4 Å². The summed E-state index contributed by atoms with van der Waals surface area (Å²) in [4.78, 5) is 51.2. The fraction of sp³-hybridized carbons (Fsp3) is 0.619. The van der Waals surface area contributed by atoms with Crippen molar-refractivity contribution in [2.24, 2.45) is 5.92 Å². The zero-order valence-electron chi connectivity index (χ0n) is 20.3. The van der Waals surface area contributed by atoms with Crippen molar-refractivity contribution in [1.29, 1.82) is 0 Å². The standard InChI is InChI=1S/C21H32N4O8S2/c1-5-9-14-24-20(28)16(18(26)22(7-3)34(24,30)31)12-11-13-17-19(27)23(8-4)35(32,33)25(21(17)29)15-10-6-2/h11-13,16H,5-10,14-15H2,1-4H3/b12-11+,17-13-. The third kappa shape index (κ3) is 5.27. The maximum absolute atomic E-state index is 12.9. The summed E-state index contributed by atoms with van der Waals surface area (Å²) in [5, 5.41) is 0. The molecule has 0 aromatic carbocycles. The molecule has 2 aliphatic heterocycles. The molecular weight excluding hydrogens is 500 g/mol. The van der Waals surface area contributed by atoms with Crippen LogP contribution < -0.4 is 0 Å². The Kier molecular flexibility index (Phi) is 9.23. The Morgan fingerprint density at radius 1 is 0.686 bits per heavy atom. The van der Waals surface area contributed by atoms with Gasteiger partial charge in [-0.2, -0.15) is 16.8 Å². The van der Waals surface area contributed by atoms with Crippen LogP contribution >= 0.6 is 0 Å². The number of rotatable bonds is 10. The van der Waals surface area contributed by atoms with E-state index in [2.05, 4.69) is 0 Å². The largest absolute Gasteiger partial charge is 0.331 e. The number of hydrogen-bond donors (Lipinski definition) is 0. The molecule has 0 aromatic rings. The van der Waals surface area contributed by atoms with Crippen molar-refractivity contribution < 1.29 is 36.0 Å². The van der Waals surface area contributed by atoms with Crippen LogP contribution in [0.15, 0.2) is 23.8 Å². The van der Waals surface area contributed by atoms with Gasteiger partial charge in [0, 0.05) is 26.2 Å². The van der Waals surface area contributed by atoms with Crippen LogP contribution in [0.3, 0.4) is 0 Å². The second-order valence-corrected chi connectivity index (χ2v) is 11.5. The molecule has 14 heteroatoms. The number of allylic oxidation sites excluding steroid dienone is 2. The Hall–Kier alpha value is -2.74. The van der Waals surface area contributed by atoms with Crippen LogP contribution in [0.4, 0.5) is 0 Å². The molecule has 0 aromatic heterocycles. The number of carbonyl (C=O) groups excluding carboxylic acids is 4. The van der Waals surface area contributed by atoms with Crippen LogP contribution in [0.2, 0.25) is 0 Å². The molecule has 0 aliphatic carbocycles. The van der Waals surface area contributed by atoms with E-state index >= 15 is 0 Å². The number of unbranched alkanes of at least 4 members (excludes halogenated alkanes) is 2. The lowest BCUT2D eigenvalue weighted by Gasteiger charge is -2.36. The van der Waals surface area contributed by atoms with Gasteiger partial charge in [-0.3, -0.25) is 19.2 Å². The fourth-order valence-electron chi connectivity index (χ4n) is 3.69. The summed E-state index contributed by atoms with van der Waals surface area (Å²) in [6, 6.07) is 0. The number of likely N-dealkylation sites (N-methyl/N-ethyl adjacent to an activating group) is 1. The SMILES string of the molecule is CCCCN1C(=O)/C(=C\C=C\C2C(=O)N(CC)S(=O)(=O)N(CCCC)C2=O)C(=O)N(CC)S1(=O)=O. The van der Waals surface area contributed by atoms with Gasteiger partial charge in [0.2, 0.25) is 0 Å². The minimum Gasteiger partial charge on any atom is -0.272 e. The minimum absolute atomic E-state index is 0.0838. The highest BCUT2D eigenvalue weighted by molar-refractivity contribution is 7.88. The van der Waals surface area contributed by atoms with E-state index in [9.17, 15) is 36.0 Å². The predicted octanol–water partition coefficient (Wildman–Crippen LogP) is 0.556. The lowest BCUT2D eigenvalue weighted by molar-refractivity contribution is -0.142. The molecular formula is C21H32N4O8S2. The molecule has 1 unspecified atom stereocenters. The number of carbonyl (C=O) groups is 4. The second-order valence-electron chi connectivity index (χ2n) is 7.93. The van der Waals surface area contributed by atoms with Gasteiger partial charge in [-0.05, 0) is 32.8 Å². The van der Waals surface area contributed by atoms with Crippen molar-refractivity contribution in [3.8, 4) is 0 Å². The van der Waals surface area contributed by atoms with Crippen LogP contribution in [0.25, 0.3) is 0 Å². The molecule has 196 valence electrons. The molecule has 35 heavy (non-hydrogen) atoms. The summed E-state index contributed by atoms with van der Waals surface area (Å²) < 4.78 is 53.2. The van der Waals surface area contributed by atoms with Crippen LogP contribution in [-0.2, 0) is 39.6 Å². The quantitative estimate of drug-likeness (QED) is 0.225. The molecule has 2 rings (SSSR count).